The number of morpholine rings is 1. The molecule has 0 spiro atoms. The molecule has 1 aromatic rings. The normalized spacial score (nSPS) is 23.1. The van der Waals surface area contributed by atoms with Crippen molar-refractivity contribution in [2.45, 2.75) is 25.4 Å². The summed E-state index contributed by atoms with van der Waals surface area (Å²) in [7, 11) is 0. The molecule has 0 saturated carbocycles. The van der Waals surface area contributed by atoms with Gasteiger partial charge in [0.2, 0.25) is 5.91 Å². The molecule has 5 nitrogen and oxygen atoms in total. The van der Waals surface area contributed by atoms with Gasteiger partial charge >= 0.3 is 0 Å². The summed E-state index contributed by atoms with van der Waals surface area (Å²) in [5.41, 5.74) is 2.10. The van der Waals surface area contributed by atoms with Crippen molar-refractivity contribution in [2.75, 3.05) is 38.2 Å². The number of ether oxygens (including phenoxy) is 1. The minimum absolute atomic E-state index is 0.0106. The van der Waals surface area contributed by atoms with Crippen LogP contribution in [0.2, 0.25) is 0 Å². The van der Waals surface area contributed by atoms with Crippen LogP contribution in [-0.2, 0) is 16.1 Å². The molecular formula is C16H23N3O2. The number of para-hydroxylation sites is 1. The van der Waals surface area contributed by atoms with Crippen molar-refractivity contribution in [1.29, 1.82) is 0 Å². The largest absolute Gasteiger partial charge is 0.378 e. The van der Waals surface area contributed by atoms with Crippen molar-refractivity contribution in [3.8, 4) is 0 Å². The molecule has 1 amide bonds. The van der Waals surface area contributed by atoms with Gasteiger partial charge in [-0.05, 0) is 37.6 Å². The van der Waals surface area contributed by atoms with Gasteiger partial charge in [-0.1, -0.05) is 18.2 Å². The lowest BCUT2D eigenvalue weighted by Gasteiger charge is -2.24. The molecule has 1 atom stereocenters. The minimum Gasteiger partial charge on any atom is -0.378 e. The molecule has 0 bridgehead atoms. The maximum Gasteiger partial charge on any atom is 0.243 e. The van der Waals surface area contributed by atoms with E-state index in [-0.39, 0.29) is 11.9 Å². The van der Waals surface area contributed by atoms with Gasteiger partial charge in [0.1, 0.15) is 6.04 Å². The molecule has 2 N–H and O–H groups in total. The predicted octanol–water partition coefficient (Wildman–Crippen LogP) is 1.21. The van der Waals surface area contributed by atoms with Gasteiger partial charge in [-0.3, -0.25) is 9.69 Å². The molecule has 3 rings (SSSR count). The van der Waals surface area contributed by atoms with Crippen LogP contribution < -0.4 is 10.6 Å². The molecule has 0 aromatic heterocycles. The van der Waals surface area contributed by atoms with E-state index in [1.54, 1.807) is 0 Å². The summed E-state index contributed by atoms with van der Waals surface area (Å²) >= 11 is 0. The van der Waals surface area contributed by atoms with Gasteiger partial charge in [0.25, 0.3) is 0 Å². The first-order valence-electron chi connectivity index (χ1n) is 7.75. The fourth-order valence-electron chi connectivity index (χ4n) is 2.92. The van der Waals surface area contributed by atoms with E-state index in [1.165, 1.54) is 18.4 Å². The Bertz CT molecular complexity index is 480. The van der Waals surface area contributed by atoms with Crippen LogP contribution in [0.25, 0.3) is 0 Å². The molecule has 2 aliphatic heterocycles. The zero-order valence-electron chi connectivity index (χ0n) is 12.3. The lowest BCUT2D eigenvalue weighted by molar-refractivity contribution is -0.120. The maximum absolute atomic E-state index is 12.3. The Morgan fingerprint density at radius 1 is 1.33 bits per heavy atom. The van der Waals surface area contributed by atoms with Crippen molar-refractivity contribution >= 4 is 11.6 Å². The molecular weight excluding hydrogens is 266 g/mol. The van der Waals surface area contributed by atoms with E-state index in [0.29, 0.717) is 13.2 Å². The van der Waals surface area contributed by atoms with Crippen LogP contribution in [0, 0.1) is 0 Å². The van der Waals surface area contributed by atoms with Crippen LogP contribution >= 0.6 is 0 Å². The number of likely N-dealkylation sites (tertiary alicyclic amines) is 1. The number of rotatable bonds is 4. The quantitative estimate of drug-likeness (QED) is 0.875. The molecule has 2 aliphatic rings. The summed E-state index contributed by atoms with van der Waals surface area (Å²) < 4.78 is 5.35. The first-order valence-corrected chi connectivity index (χ1v) is 7.75. The molecule has 0 aliphatic carbocycles. The monoisotopic (exact) mass is 289 g/mol. The third-order valence-electron chi connectivity index (χ3n) is 4.11. The number of carbonyl (C=O) groups excluding carboxylic acids is 1. The number of amides is 1. The Morgan fingerprint density at radius 2 is 2.14 bits per heavy atom. The summed E-state index contributed by atoms with van der Waals surface area (Å²) in [6.07, 6.45) is 2.55. The van der Waals surface area contributed by atoms with Gasteiger partial charge in [0.05, 0.1) is 13.2 Å². The standard InChI is InChI=1S/C16H23N3O2/c20-16(15-12-21-10-7-17-15)18-14-6-2-1-5-13(14)11-19-8-3-4-9-19/h1-2,5-6,15,17H,3-4,7-12H2,(H,18,20). The third kappa shape index (κ3) is 3.81. The Kier molecular flexibility index (Phi) is 4.85. The van der Waals surface area contributed by atoms with Gasteiger partial charge in [-0.15, -0.1) is 0 Å². The highest BCUT2D eigenvalue weighted by molar-refractivity contribution is 5.95. The van der Waals surface area contributed by atoms with Crippen molar-refractivity contribution in [3.63, 3.8) is 0 Å². The molecule has 1 aromatic carbocycles. The fraction of sp³-hybridized carbons (Fsp3) is 0.562. The second-order valence-corrected chi connectivity index (χ2v) is 5.71. The Morgan fingerprint density at radius 3 is 2.90 bits per heavy atom. The van der Waals surface area contributed by atoms with Crippen molar-refractivity contribution in [3.05, 3.63) is 29.8 Å². The number of carbonyl (C=O) groups is 1. The zero-order valence-corrected chi connectivity index (χ0v) is 12.3. The summed E-state index contributed by atoms with van der Waals surface area (Å²) in [4.78, 5) is 14.7. The molecule has 21 heavy (non-hydrogen) atoms. The van der Waals surface area contributed by atoms with Gasteiger partial charge in [0.15, 0.2) is 0 Å². The van der Waals surface area contributed by atoms with Crippen LogP contribution in [0.1, 0.15) is 18.4 Å². The van der Waals surface area contributed by atoms with Crippen LogP contribution in [0.4, 0.5) is 5.69 Å². The van der Waals surface area contributed by atoms with Crippen molar-refractivity contribution < 1.29 is 9.53 Å². The summed E-state index contributed by atoms with van der Waals surface area (Å²) in [5.74, 6) is -0.0106. The van der Waals surface area contributed by atoms with Gasteiger partial charge < -0.3 is 15.4 Å². The molecule has 5 heteroatoms. The first kappa shape index (κ1) is 14.5. The average molecular weight is 289 g/mol. The predicted molar refractivity (Wildman–Crippen MR) is 82.2 cm³/mol. The van der Waals surface area contributed by atoms with E-state index >= 15 is 0 Å². The number of hydrogen-bond donors (Lipinski definition) is 2. The van der Waals surface area contributed by atoms with Crippen LogP contribution in [-0.4, -0.2) is 49.7 Å². The fourth-order valence-corrected chi connectivity index (χ4v) is 2.92. The highest BCUT2D eigenvalue weighted by Crippen LogP contribution is 2.20. The Balaban J connectivity index is 1.65. The van der Waals surface area contributed by atoms with E-state index in [4.69, 9.17) is 4.74 Å². The lowest BCUT2D eigenvalue weighted by Crippen LogP contribution is -2.48. The molecule has 1 unspecified atom stereocenters. The topological polar surface area (TPSA) is 53.6 Å². The van der Waals surface area contributed by atoms with E-state index in [1.807, 2.05) is 18.2 Å². The lowest BCUT2D eigenvalue weighted by atomic mass is 10.1. The summed E-state index contributed by atoms with van der Waals surface area (Å²) in [5, 5.41) is 6.23. The number of nitrogens with zero attached hydrogens (tertiary/aromatic N) is 1. The van der Waals surface area contributed by atoms with Crippen molar-refractivity contribution in [1.82, 2.24) is 10.2 Å². The van der Waals surface area contributed by atoms with E-state index in [2.05, 4.69) is 21.6 Å². The van der Waals surface area contributed by atoms with Crippen molar-refractivity contribution in [2.24, 2.45) is 0 Å². The van der Waals surface area contributed by atoms with Gasteiger partial charge in [-0.2, -0.15) is 0 Å². The third-order valence-corrected chi connectivity index (χ3v) is 4.11. The Labute approximate surface area is 125 Å². The van der Waals surface area contributed by atoms with E-state index < -0.39 is 0 Å². The average Bonchev–Trinajstić information content (AvgIpc) is 3.03. The second-order valence-electron chi connectivity index (χ2n) is 5.71. The number of anilines is 1. The minimum atomic E-state index is -0.251. The van der Waals surface area contributed by atoms with Crippen LogP contribution in [0.15, 0.2) is 24.3 Å². The van der Waals surface area contributed by atoms with Gasteiger partial charge in [-0.25, -0.2) is 0 Å². The zero-order chi connectivity index (χ0) is 14.5. The molecule has 2 heterocycles. The highest BCUT2D eigenvalue weighted by atomic mass is 16.5. The molecule has 0 radical (unpaired) electrons. The smallest absolute Gasteiger partial charge is 0.243 e. The number of benzene rings is 1. The number of hydrogen-bond acceptors (Lipinski definition) is 4. The molecule has 2 saturated heterocycles. The SMILES string of the molecule is O=C(Nc1ccccc1CN1CCCC1)C1COCCN1. The first-order chi connectivity index (χ1) is 10.3. The number of nitrogens with one attached hydrogen (secondary N) is 2. The summed E-state index contributed by atoms with van der Waals surface area (Å²) in [6, 6.07) is 7.82. The summed E-state index contributed by atoms with van der Waals surface area (Å²) in [6.45, 7) is 5.06. The van der Waals surface area contributed by atoms with Gasteiger partial charge in [0, 0.05) is 18.8 Å². The molecule has 2 fully saturated rings. The van der Waals surface area contributed by atoms with Crippen LogP contribution in [0.5, 0.6) is 0 Å². The van der Waals surface area contributed by atoms with E-state index in [9.17, 15) is 4.79 Å². The maximum atomic E-state index is 12.3. The van der Waals surface area contributed by atoms with Crippen LogP contribution in [0.3, 0.4) is 0 Å². The Hall–Kier alpha value is -1.43. The second kappa shape index (κ2) is 7.02. The highest BCUT2D eigenvalue weighted by Gasteiger charge is 2.22. The van der Waals surface area contributed by atoms with E-state index in [0.717, 1.165) is 31.9 Å². The molecule has 114 valence electrons.